The largest absolute Gasteiger partial charge is 0.464 e. The van der Waals surface area contributed by atoms with Crippen LogP contribution in [0.2, 0.25) is 5.02 Å². The molecule has 0 spiro atoms. The highest BCUT2D eigenvalue weighted by Gasteiger charge is 2.41. The summed E-state index contributed by atoms with van der Waals surface area (Å²) in [6.07, 6.45) is 0.476. The third-order valence-electron chi connectivity index (χ3n) is 5.14. The summed E-state index contributed by atoms with van der Waals surface area (Å²) >= 11 is 6.26. The van der Waals surface area contributed by atoms with Gasteiger partial charge in [0.05, 0.1) is 6.04 Å². The predicted octanol–water partition coefficient (Wildman–Crippen LogP) is 5.79. The van der Waals surface area contributed by atoms with Crippen LogP contribution in [0.1, 0.15) is 46.9 Å². The molecule has 0 saturated carbocycles. The summed E-state index contributed by atoms with van der Waals surface area (Å²) in [6.45, 7) is 4.02. The van der Waals surface area contributed by atoms with Crippen LogP contribution in [0, 0.1) is 13.8 Å². The lowest BCUT2D eigenvalue weighted by atomic mass is 9.97. The maximum atomic E-state index is 6.35. The molecule has 2 aromatic carbocycles. The molecule has 0 amide bonds. The van der Waals surface area contributed by atoms with Gasteiger partial charge >= 0.3 is 0 Å². The van der Waals surface area contributed by atoms with Gasteiger partial charge in [-0.1, -0.05) is 41.4 Å². The van der Waals surface area contributed by atoms with Crippen molar-refractivity contribution in [1.29, 1.82) is 0 Å². The Balaban J connectivity index is 1.60. The van der Waals surface area contributed by atoms with E-state index in [2.05, 4.69) is 31.2 Å². The Labute approximate surface area is 163 Å². The lowest BCUT2D eigenvalue weighted by molar-refractivity contribution is -0.0190. The van der Waals surface area contributed by atoms with E-state index in [0.29, 0.717) is 5.02 Å². The molecule has 5 rings (SSSR count). The average molecular weight is 379 g/mol. The molecule has 0 unspecified atom stereocenters. The Morgan fingerprint density at radius 1 is 1.04 bits per heavy atom. The van der Waals surface area contributed by atoms with Gasteiger partial charge in [0, 0.05) is 22.6 Å². The highest BCUT2D eigenvalue weighted by atomic mass is 35.5. The van der Waals surface area contributed by atoms with Crippen LogP contribution in [-0.4, -0.2) is 10.7 Å². The van der Waals surface area contributed by atoms with Crippen molar-refractivity contribution in [2.75, 3.05) is 0 Å². The molecule has 2 aliphatic heterocycles. The highest BCUT2D eigenvalue weighted by molar-refractivity contribution is 6.30. The van der Waals surface area contributed by atoms with Crippen molar-refractivity contribution >= 4 is 17.3 Å². The normalized spacial score (nSPS) is 20.7. The maximum absolute atomic E-state index is 6.35. The van der Waals surface area contributed by atoms with E-state index in [1.165, 1.54) is 5.56 Å². The van der Waals surface area contributed by atoms with E-state index < -0.39 is 0 Å². The van der Waals surface area contributed by atoms with Crippen LogP contribution in [0.15, 0.2) is 64.1 Å². The monoisotopic (exact) mass is 378 g/mol. The molecule has 0 saturated heterocycles. The lowest BCUT2D eigenvalue weighted by Gasteiger charge is -2.38. The van der Waals surface area contributed by atoms with Gasteiger partial charge in [-0.05, 0) is 44.2 Å². The Kier molecular flexibility index (Phi) is 3.76. The molecule has 27 heavy (non-hydrogen) atoms. The zero-order valence-corrected chi connectivity index (χ0v) is 15.9. The summed E-state index contributed by atoms with van der Waals surface area (Å²) in [5, 5.41) is 7.63. The number of ether oxygens (including phenoxy) is 1. The van der Waals surface area contributed by atoms with E-state index in [0.717, 1.165) is 40.5 Å². The van der Waals surface area contributed by atoms with Crippen molar-refractivity contribution in [1.82, 2.24) is 5.01 Å². The van der Waals surface area contributed by atoms with Crippen molar-refractivity contribution in [2.45, 2.75) is 32.5 Å². The Bertz CT molecular complexity index is 1040. The van der Waals surface area contributed by atoms with Crippen molar-refractivity contribution in [3.63, 3.8) is 0 Å². The first-order valence-corrected chi connectivity index (χ1v) is 9.41. The van der Waals surface area contributed by atoms with Crippen molar-refractivity contribution in [3.8, 4) is 5.75 Å². The van der Waals surface area contributed by atoms with Crippen LogP contribution in [0.4, 0.5) is 0 Å². The number of benzene rings is 2. The lowest BCUT2D eigenvalue weighted by Crippen LogP contribution is -2.33. The van der Waals surface area contributed by atoms with Crippen molar-refractivity contribution in [3.05, 3.63) is 87.8 Å². The zero-order valence-electron chi connectivity index (χ0n) is 15.1. The number of furan rings is 1. The van der Waals surface area contributed by atoms with Gasteiger partial charge in [-0.25, -0.2) is 5.01 Å². The first-order chi connectivity index (χ1) is 13.1. The number of nitrogens with zero attached hydrogens (tertiary/aromatic N) is 2. The number of hydrogen-bond donors (Lipinski definition) is 0. The van der Waals surface area contributed by atoms with Crippen molar-refractivity contribution < 1.29 is 9.15 Å². The quantitative estimate of drug-likeness (QED) is 0.566. The standard InChI is InChI=1S/C22H19ClN2O2/c1-13-3-6-15(7-4-13)22-25-19(17-11-16(23)8-10-20(17)27-22)12-18(24-25)21-9-5-14(2)26-21/h3-11,19,22H,12H2,1-2H3/t19-,22+/m1/s1. The number of hydrazone groups is 1. The second-order valence-electron chi connectivity index (χ2n) is 7.12. The van der Waals surface area contributed by atoms with Gasteiger partial charge in [0.1, 0.15) is 23.0 Å². The molecule has 2 aliphatic rings. The second kappa shape index (κ2) is 6.17. The average Bonchev–Trinajstić information content (AvgIpc) is 3.28. The van der Waals surface area contributed by atoms with Gasteiger partial charge in [-0.2, -0.15) is 5.10 Å². The molecule has 0 bridgehead atoms. The van der Waals surface area contributed by atoms with Gasteiger partial charge in [0.15, 0.2) is 0 Å². The van der Waals surface area contributed by atoms with E-state index in [-0.39, 0.29) is 12.3 Å². The molecule has 2 atom stereocenters. The number of halogens is 1. The Morgan fingerprint density at radius 3 is 2.59 bits per heavy atom. The minimum Gasteiger partial charge on any atom is -0.464 e. The SMILES string of the molecule is Cc1ccc([C@@H]2Oc3ccc(Cl)cc3[C@H]3CC(c4ccc(C)o4)=NN32)cc1. The van der Waals surface area contributed by atoms with E-state index in [4.69, 9.17) is 25.9 Å². The summed E-state index contributed by atoms with van der Waals surface area (Å²) in [7, 11) is 0. The molecular formula is C22H19ClN2O2. The van der Waals surface area contributed by atoms with Crippen LogP contribution < -0.4 is 4.74 Å². The van der Waals surface area contributed by atoms with E-state index in [1.54, 1.807) is 0 Å². The molecule has 4 nitrogen and oxygen atoms in total. The number of hydrogen-bond acceptors (Lipinski definition) is 4. The van der Waals surface area contributed by atoms with Gasteiger partial charge in [-0.3, -0.25) is 0 Å². The molecule has 0 radical (unpaired) electrons. The van der Waals surface area contributed by atoms with Crippen LogP contribution in [0.5, 0.6) is 5.75 Å². The first-order valence-electron chi connectivity index (χ1n) is 9.04. The van der Waals surface area contributed by atoms with E-state index in [9.17, 15) is 0 Å². The van der Waals surface area contributed by atoms with Gasteiger partial charge in [0.2, 0.25) is 6.23 Å². The summed E-state index contributed by atoms with van der Waals surface area (Å²) in [4.78, 5) is 0. The van der Waals surface area contributed by atoms with Crippen LogP contribution in [0.25, 0.3) is 0 Å². The molecule has 3 aromatic rings. The third-order valence-corrected chi connectivity index (χ3v) is 5.37. The van der Waals surface area contributed by atoms with Crippen LogP contribution >= 0.6 is 11.6 Å². The summed E-state index contributed by atoms with van der Waals surface area (Å²) in [6, 6.07) is 18.2. The Hall–Kier alpha value is -2.72. The maximum Gasteiger partial charge on any atom is 0.213 e. The number of rotatable bonds is 2. The van der Waals surface area contributed by atoms with E-state index in [1.807, 2.05) is 42.3 Å². The van der Waals surface area contributed by atoms with Crippen LogP contribution in [-0.2, 0) is 0 Å². The van der Waals surface area contributed by atoms with E-state index >= 15 is 0 Å². The summed E-state index contributed by atoms with van der Waals surface area (Å²) < 4.78 is 12.2. The summed E-state index contributed by atoms with van der Waals surface area (Å²) in [5.74, 6) is 2.55. The topological polar surface area (TPSA) is 38.0 Å². The predicted molar refractivity (Wildman–Crippen MR) is 105 cm³/mol. The fourth-order valence-electron chi connectivity index (χ4n) is 3.75. The minimum absolute atomic E-state index is 0.0687. The summed E-state index contributed by atoms with van der Waals surface area (Å²) in [5.41, 5.74) is 4.29. The molecule has 3 heterocycles. The highest BCUT2D eigenvalue weighted by Crippen LogP contribution is 2.48. The first kappa shape index (κ1) is 16.5. The molecule has 5 heteroatoms. The zero-order chi connectivity index (χ0) is 18.5. The smallest absolute Gasteiger partial charge is 0.213 e. The fraction of sp³-hybridized carbons (Fsp3) is 0.227. The molecular weight excluding hydrogens is 360 g/mol. The minimum atomic E-state index is -0.280. The molecule has 1 aromatic heterocycles. The van der Waals surface area contributed by atoms with Gasteiger partial charge < -0.3 is 9.15 Å². The second-order valence-corrected chi connectivity index (χ2v) is 7.56. The number of aryl methyl sites for hydroxylation is 2. The van der Waals surface area contributed by atoms with Crippen molar-refractivity contribution in [2.24, 2.45) is 5.10 Å². The molecule has 0 fully saturated rings. The Morgan fingerprint density at radius 2 is 1.85 bits per heavy atom. The third kappa shape index (κ3) is 2.81. The molecule has 136 valence electrons. The molecule has 0 aliphatic carbocycles. The fourth-order valence-corrected chi connectivity index (χ4v) is 3.93. The molecule has 0 N–H and O–H groups in total. The number of fused-ring (bicyclic) bond motifs is 3. The van der Waals surface area contributed by atoms with Crippen LogP contribution in [0.3, 0.4) is 0 Å². The van der Waals surface area contributed by atoms with Gasteiger partial charge in [-0.15, -0.1) is 0 Å². The van der Waals surface area contributed by atoms with Gasteiger partial charge in [0.25, 0.3) is 0 Å².